The van der Waals surface area contributed by atoms with Gasteiger partial charge in [0.2, 0.25) is 9.84 Å². The molecule has 0 saturated heterocycles. The van der Waals surface area contributed by atoms with Gasteiger partial charge < -0.3 is 4.57 Å². The van der Waals surface area contributed by atoms with Gasteiger partial charge in [-0.1, -0.05) is 35.9 Å². The summed E-state index contributed by atoms with van der Waals surface area (Å²) < 4.78 is 26.7. The minimum absolute atomic E-state index is 0.0511. The van der Waals surface area contributed by atoms with E-state index < -0.39 is 9.84 Å². The maximum absolute atomic E-state index is 12.5. The molecule has 3 rings (SSSR count). The van der Waals surface area contributed by atoms with Gasteiger partial charge in [0.25, 0.3) is 0 Å². The zero-order valence-electron chi connectivity index (χ0n) is 11.5. The average Bonchev–Trinajstić information content (AvgIpc) is 2.99. The van der Waals surface area contributed by atoms with E-state index in [2.05, 4.69) is 4.98 Å². The molecule has 21 heavy (non-hydrogen) atoms. The molecular formula is C16H14N2O2S. The molecule has 106 valence electrons. The number of hydrogen-bond acceptors (Lipinski definition) is 3. The van der Waals surface area contributed by atoms with Crippen molar-refractivity contribution in [3.63, 3.8) is 0 Å². The lowest BCUT2D eigenvalue weighted by molar-refractivity contribution is 0.593. The molecule has 0 N–H and O–H groups in total. The first kappa shape index (κ1) is 13.6. The second kappa shape index (κ2) is 5.18. The summed E-state index contributed by atoms with van der Waals surface area (Å²) in [5.41, 5.74) is 1.89. The molecule has 2 aromatic carbocycles. The molecule has 3 aromatic rings. The number of hydrogen-bond donors (Lipinski definition) is 0. The summed E-state index contributed by atoms with van der Waals surface area (Å²) in [6.07, 6.45) is 3.04. The predicted molar refractivity (Wildman–Crippen MR) is 80.2 cm³/mol. The van der Waals surface area contributed by atoms with Gasteiger partial charge >= 0.3 is 0 Å². The van der Waals surface area contributed by atoms with Crippen LogP contribution in [0, 0.1) is 6.92 Å². The van der Waals surface area contributed by atoms with Gasteiger partial charge in [-0.05, 0) is 31.2 Å². The lowest BCUT2D eigenvalue weighted by Gasteiger charge is -2.02. The Hall–Kier alpha value is -2.40. The first-order chi connectivity index (χ1) is 10.1. The molecule has 0 aliphatic carbocycles. The van der Waals surface area contributed by atoms with Gasteiger partial charge in [-0.2, -0.15) is 0 Å². The summed E-state index contributed by atoms with van der Waals surface area (Å²) in [6, 6.07) is 16.2. The van der Waals surface area contributed by atoms with Gasteiger partial charge in [-0.25, -0.2) is 13.4 Å². The Bertz CT molecular complexity index is 851. The molecule has 5 heteroatoms. The number of aromatic nitrogens is 2. The van der Waals surface area contributed by atoms with Crippen LogP contribution < -0.4 is 0 Å². The van der Waals surface area contributed by atoms with Crippen molar-refractivity contribution in [2.24, 2.45) is 0 Å². The molecule has 0 fully saturated rings. The van der Waals surface area contributed by atoms with Crippen LogP contribution in [0.1, 0.15) is 5.56 Å². The number of sulfone groups is 1. The van der Waals surface area contributed by atoms with Crippen molar-refractivity contribution in [1.82, 2.24) is 9.55 Å². The number of nitrogens with zero attached hydrogens (tertiary/aromatic N) is 2. The predicted octanol–water partition coefficient (Wildman–Crippen LogP) is 3.01. The maximum Gasteiger partial charge on any atom is 0.225 e. The first-order valence-electron chi connectivity index (χ1n) is 6.48. The lowest BCUT2D eigenvalue weighted by Crippen LogP contribution is -2.02. The zero-order chi connectivity index (χ0) is 14.9. The molecule has 0 aliphatic rings. The summed E-state index contributed by atoms with van der Waals surface area (Å²) in [5, 5.41) is 0.0511. The highest BCUT2D eigenvalue weighted by atomic mass is 32.2. The van der Waals surface area contributed by atoms with Crippen LogP contribution in [0.4, 0.5) is 0 Å². The number of para-hydroxylation sites is 1. The summed E-state index contributed by atoms with van der Waals surface area (Å²) in [6.45, 7) is 1.92. The molecule has 0 aliphatic heterocycles. The van der Waals surface area contributed by atoms with E-state index in [9.17, 15) is 8.42 Å². The standard InChI is InChI=1S/C16H14N2O2S/c1-13-7-9-15(10-8-13)21(19,20)16-11-18(12-17-16)14-5-3-2-4-6-14/h2-12H,1H3. The van der Waals surface area contributed by atoms with Gasteiger partial charge in [-0.3, -0.25) is 0 Å². The average molecular weight is 298 g/mol. The number of aryl methyl sites for hydroxylation is 1. The number of benzene rings is 2. The smallest absolute Gasteiger partial charge is 0.225 e. The van der Waals surface area contributed by atoms with Crippen LogP contribution in [0.3, 0.4) is 0 Å². The van der Waals surface area contributed by atoms with E-state index in [1.807, 2.05) is 37.3 Å². The van der Waals surface area contributed by atoms with Crippen molar-refractivity contribution < 1.29 is 8.42 Å². The molecule has 1 heterocycles. The Kier molecular flexibility index (Phi) is 3.35. The fraction of sp³-hybridized carbons (Fsp3) is 0.0625. The Balaban J connectivity index is 2.01. The van der Waals surface area contributed by atoms with Crippen LogP contribution in [-0.2, 0) is 9.84 Å². The third-order valence-electron chi connectivity index (χ3n) is 3.22. The van der Waals surface area contributed by atoms with Gasteiger partial charge in [0.05, 0.1) is 4.90 Å². The van der Waals surface area contributed by atoms with E-state index in [0.29, 0.717) is 0 Å². The summed E-state index contributed by atoms with van der Waals surface area (Å²) in [7, 11) is -3.57. The molecule has 4 nitrogen and oxygen atoms in total. The molecule has 0 saturated carbocycles. The Morgan fingerprint density at radius 1 is 0.952 bits per heavy atom. The van der Waals surface area contributed by atoms with E-state index in [4.69, 9.17) is 0 Å². The van der Waals surface area contributed by atoms with Crippen LogP contribution in [0.5, 0.6) is 0 Å². The number of imidazole rings is 1. The minimum Gasteiger partial charge on any atom is -0.305 e. The van der Waals surface area contributed by atoms with Gasteiger partial charge in [0, 0.05) is 11.9 Å². The normalized spacial score (nSPS) is 11.5. The Morgan fingerprint density at radius 3 is 2.29 bits per heavy atom. The molecule has 0 radical (unpaired) electrons. The summed E-state index contributed by atoms with van der Waals surface area (Å²) in [5.74, 6) is 0. The lowest BCUT2D eigenvalue weighted by atomic mass is 10.2. The second-order valence-electron chi connectivity index (χ2n) is 4.77. The molecule has 0 spiro atoms. The van der Waals surface area contributed by atoms with Crippen molar-refractivity contribution in [2.75, 3.05) is 0 Å². The van der Waals surface area contributed by atoms with Crippen molar-refractivity contribution in [2.45, 2.75) is 16.8 Å². The number of rotatable bonds is 3. The summed E-state index contributed by atoms with van der Waals surface area (Å²) >= 11 is 0. The maximum atomic E-state index is 12.5. The van der Waals surface area contributed by atoms with E-state index in [1.165, 1.54) is 12.5 Å². The Morgan fingerprint density at radius 2 is 1.62 bits per heavy atom. The van der Waals surface area contributed by atoms with Crippen molar-refractivity contribution in [3.05, 3.63) is 72.7 Å². The minimum atomic E-state index is -3.57. The van der Waals surface area contributed by atoms with Crippen molar-refractivity contribution in [3.8, 4) is 5.69 Å². The molecule has 0 amide bonds. The highest BCUT2D eigenvalue weighted by Gasteiger charge is 2.20. The first-order valence-corrected chi connectivity index (χ1v) is 7.97. The quantitative estimate of drug-likeness (QED) is 0.747. The monoisotopic (exact) mass is 298 g/mol. The van der Waals surface area contributed by atoms with Crippen LogP contribution in [0.2, 0.25) is 0 Å². The van der Waals surface area contributed by atoms with E-state index >= 15 is 0 Å². The highest BCUT2D eigenvalue weighted by Crippen LogP contribution is 2.20. The fourth-order valence-electron chi connectivity index (χ4n) is 2.02. The fourth-order valence-corrected chi connectivity index (χ4v) is 3.20. The largest absolute Gasteiger partial charge is 0.305 e. The highest BCUT2D eigenvalue weighted by molar-refractivity contribution is 7.91. The molecule has 0 unspecified atom stereocenters. The van der Waals surface area contributed by atoms with Crippen LogP contribution in [0.15, 0.2) is 77.0 Å². The van der Waals surface area contributed by atoms with Gasteiger partial charge in [-0.15, -0.1) is 0 Å². The van der Waals surface area contributed by atoms with Crippen molar-refractivity contribution in [1.29, 1.82) is 0 Å². The van der Waals surface area contributed by atoms with E-state index in [1.54, 1.807) is 28.8 Å². The van der Waals surface area contributed by atoms with Gasteiger partial charge in [0.1, 0.15) is 6.33 Å². The second-order valence-corrected chi connectivity index (χ2v) is 6.67. The van der Waals surface area contributed by atoms with Gasteiger partial charge in [0.15, 0.2) is 5.03 Å². The van der Waals surface area contributed by atoms with Crippen LogP contribution in [0.25, 0.3) is 5.69 Å². The third-order valence-corrected chi connectivity index (χ3v) is 4.87. The van der Waals surface area contributed by atoms with Crippen LogP contribution >= 0.6 is 0 Å². The zero-order valence-corrected chi connectivity index (χ0v) is 12.3. The molecule has 0 bridgehead atoms. The Labute approximate surface area is 123 Å². The van der Waals surface area contributed by atoms with E-state index in [0.717, 1.165) is 11.3 Å². The SMILES string of the molecule is Cc1ccc(S(=O)(=O)c2cn(-c3ccccc3)cn2)cc1. The van der Waals surface area contributed by atoms with Crippen molar-refractivity contribution >= 4 is 9.84 Å². The molecule has 0 atom stereocenters. The molecular weight excluding hydrogens is 284 g/mol. The third kappa shape index (κ3) is 2.60. The summed E-state index contributed by atoms with van der Waals surface area (Å²) in [4.78, 5) is 4.29. The molecule has 1 aromatic heterocycles. The van der Waals surface area contributed by atoms with Crippen LogP contribution in [-0.4, -0.2) is 18.0 Å². The van der Waals surface area contributed by atoms with E-state index in [-0.39, 0.29) is 9.92 Å². The topological polar surface area (TPSA) is 52.0 Å².